The second-order valence-electron chi connectivity index (χ2n) is 7.44. The maximum atomic E-state index is 13.2. The lowest BCUT2D eigenvalue weighted by atomic mass is 10.1. The first-order chi connectivity index (χ1) is 12.9. The second kappa shape index (κ2) is 6.90. The summed E-state index contributed by atoms with van der Waals surface area (Å²) in [5.41, 5.74) is 2.80. The van der Waals surface area contributed by atoms with E-state index in [2.05, 4.69) is 10.1 Å². The fourth-order valence-corrected chi connectivity index (χ4v) is 4.05. The summed E-state index contributed by atoms with van der Waals surface area (Å²) in [6, 6.07) is 3.45. The van der Waals surface area contributed by atoms with Crippen LogP contribution in [0.3, 0.4) is 0 Å². The molecule has 0 aromatic carbocycles. The van der Waals surface area contributed by atoms with Crippen LogP contribution in [0.15, 0.2) is 12.1 Å². The van der Waals surface area contributed by atoms with E-state index in [1.165, 1.54) is 0 Å². The average Bonchev–Trinajstić information content (AvgIpc) is 2.80. The summed E-state index contributed by atoms with van der Waals surface area (Å²) in [5, 5.41) is 13.6. The fourth-order valence-electron chi connectivity index (χ4n) is 4.05. The van der Waals surface area contributed by atoms with Crippen LogP contribution >= 0.6 is 0 Å². The third-order valence-corrected chi connectivity index (χ3v) is 5.12. The number of ether oxygens (including phenoxy) is 1. The zero-order chi connectivity index (χ0) is 19.1. The predicted molar refractivity (Wildman–Crippen MR) is 95.7 cm³/mol. The highest BCUT2D eigenvalue weighted by Crippen LogP contribution is 2.22. The Kier molecular flexibility index (Phi) is 4.56. The number of fused-ring (bicyclic) bond motifs is 4. The number of hydrogen-bond acceptors (Lipinski definition) is 6. The lowest BCUT2D eigenvalue weighted by Crippen LogP contribution is -2.47. The van der Waals surface area contributed by atoms with Crippen molar-refractivity contribution in [2.24, 2.45) is 5.92 Å². The van der Waals surface area contributed by atoms with E-state index in [0.717, 1.165) is 11.4 Å². The maximum absolute atomic E-state index is 13.2. The van der Waals surface area contributed by atoms with Crippen LogP contribution < -0.4 is 0 Å². The van der Waals surface area contributed by atoms with Crippen LogP contribution in [0.4, 0.5) is 0 Å². The van der Waals surface area contributed by atoms with Gasteiger partial charge < -0.3 is 14.7 Å². The SMILES string of the molecule is Cc1cc(C)n2nc(C(=O)N3C[C@H]4COC[C@@H]3CN(CC(=O)O)C4)cc2n1. The molecule has 2 aliphatic rings. The van der Waals surface area contributed by atoms with Crippen molar-refractivity contribution in [3.63, 3.8) is 0 Å². The Morgan fingerprint density at radius 2 is 2.04 bits per heavy atom. The average molecular weight is 373 g/mol. The van der Waals surface area contributed by atoms with Crippen LogP contribution in [-0.2, 0) is 9.53 Å². The molecule has 2 bridgehead atoms. The number of hydrogen-bond donors (Lipinski definition) is 1. The lowest BCUT2D eigenvalue weighted by Gasteiger charge is -2.30. The number of aryl methyl sites for hydroxylation is 2. The van der Waals surface area contributed by atoms with E-state index >= 15 is 0 Å². The van der Waals surface area contributed by atoms with E-state index in [4.69, 9.17) is 9.84 Å². The summed E-state index contributed by atoms with van der Waals surface area (Å²) in [7, 11) is 0. The molecule has 2 aromatic rings. The highest BCUT2D eigenvalue weighted by atomic mass is 16.5. The van der Waals surface area contributed by atoms with Crippen molar-refractivity contribution in [1.82, 2.24) is 24.4 Å². The monoisotopic (exact) mass is 373 g/mol. The standard InChI is InChI=1S/C18H23N5O4/c1-11-3-12(2)23-16(19-11)4-15(20-23)18(26)22-6-13-5-21(8-17(24)25)7-14(22)10-27-9-13/h3-4,13-14H,5-10H2,1-2H3,(H,24,25)/t13-,14-/m0/s1. The minimum atomic E-state index is -0.856. The number of nitrogens with zero attached hydrogens (tertiary/aromatic N) is 5. The molecule has 4 rings (SSSR count). The van der Waals surface area contributed by atoms with Gasteiger partial charge in [-0.3, -0.25) is 14.5 Å². The van der Waals surface area contributed by atoms with Gasteiger partial charge in [-0.25, -0.2) is 9.50 Å². The molecule has 0 spiro atoms. The highest BCUT2D eigenvalue weighted by molar-refractivity contribution is 5.93. The van der Waals surface area contributed by atoms with Crippen LogP contribution in [0.5, 0.6) is 0 Å². The molecule has 4 heterocycles. The molecule has 0 saturated carbocycles. The number of amides is 1. The van der Waals surface area contributed by atoms with Gasteiger partial charge in [-0.15, -0.1) is 0 Å². The van der Waals surface area contributed by atoms with Gasteiger partial charge in [-0.05, 0) is 19.9 Å². The van der Waals surface area contributed by atoms with Crippen molar-refractivity contribution < 1.29 is 19.4 Å². The van der Waals surface area contributed by atoms with Gasteiger partial charge in [0, 0.05) is 43.0 Å². The van der Waals surface area contributed by atoms with Crippen molar-refractivity contribution in [2.75, 3.05) is 39.4 Å². The minimum absolute atomic E-state index is 0.0220. The smallest absolute Gasteiger partial charge is 0.317 e. The van der Waals surface area contributed by atoms with Gasteiger partial charge in [-0.1, -0.05) is 0 Å². The Morgan fingerprint density at radius 3 is 2.81 bits per heavy atom. The molecule has 2 aromatic heterocycles. The van der Waals surface area contributed by atoms with E-state index in [9.17, 15) is 9.59 Å². The quantitative estimate of drug-likeness (QED) is 0.820. The molecule has 2 aliphatic heterocycles. The molecule has 1 N–H and O–H groups in total. The number of carboxylic acids is 1. The molecular weight excluding hydrogens is 350 g/mol. The van der Waals surface area contributed by atoms with Crippen LogP contribution in [-0.4, -0.2) is 86.8 Å². The van der Waals surface area contributed by atoms with Crippen LogP contribution in [0, 0.1) is 19.8 Å². The Labute approximate surface area is 156 Å². The van der Waals surface area contributed by atoms with Crippen LogP contribution in [0.2, 0.25) is 0 Å². The zero-order valence-electron chi connectivity index (χ0n) is 15.5. The molecule has 2 atom stereocenters. The first-order valence-corrected chi connectivity index (χ1v) is 9.07. The van der Waals surface area contributed by atoms with Gasteiger partial charge in [0.2, 0.25) is 0 Å². The van der Waals surface area contributed by atoms with Crippen molar-refractivity contribution in [1.29, 1.82) is 0 Å². The molecule has 9 heteroatoms. The molecule has 144 valence electrons. The third kappa shape index (κ3) is 3.52. The van der Waals surface area contributed by atoms with Crippen LogP contribution in [0.1, 0.15) is 21.9 Å². The van der Waals surface area contributed by atoms with E-state index in [0.29, 0.717) is 44.2 Å². The van der Waals surface area contributed by atoms with Gasteiger partial charge in [0.1, 0.15) is 0 Å². The van der Waals surface area contributed by atoms with Crippen molar-refractivity contribution >= 4 is 17.5 Å². The zero-order valence-corrected chi connectivity index (χ0v) is 15.5. The summed E-state index contributed by atoms with van der Waals surface area (Å²) < 4.78 is 7.40. The summed E-state index contributed by atoms with van der Waals surface area (Å²) in [6.45, 7) is 6.39. The van der Waals surface area contributed by atoms with E-state index in [1.54, 1.807) is 15.5 Å². The molecule has 2 fully saturated rings. The molecule has 0 radical (unpaired) electrons. The Bertz CT molecular complexity index is 895. The normalized spacial score (nSPS) is 23.4. The minimum Gasteiger partial charge on any atom is -0.480 e. The summed E-state index contributed by atoms with van der Waals surface area (Å²) in [6.07, 6.45) is 0. The topological polar surface area (TPSA) is 100 Å². The number of carbonyl (C=O) groups is 2. The molecule has 0 aliphatic carbocycles. The molecule has 9 nitrogen and oxygen atoms in total. The Hall–Kier alpha value is -2.52. The molecule has 1 amide bonds. The first kappa shape index (κ1) is 17.9. The van der Waals surface area contributed by atoms with Gasteiger partial charge in [-0.2, -0.15) is 5.10 Å². The summed E-state index contributed by atoms with van der Waals surface area (Å²) in [4.78, 5) is 32.5. The summed E-state index contributed by atoms with van der Waals surface area (Å²) in [5.74, 6) is -0.929. The number of aliphatic carboxylic acids is 1. The molecular formula is C18H23N5O4. The number of carbonyl (C=O) groups excluding carboxylic acids is 1. The number of aromatic nitrogens is 3. The van der Waals surface area contributed by atoms with E-state index in [-0.39, 0.29) is 24.4 Å². The predicted octanol–water partition coefficient (Wildman–Crippen LogP) is 0.204. The van der Waals surface area contributed by atoms with Gasteiger partial charge in [0.05, 0.1) is 25.8 Å². The number of rotatable bonds is 3. The fraction of sp³-hybridized carbons (Fsp3) is 0.556. The van der Waals surface area contributed by atoms with E-state index in [1.807, 2.05) is 24.8 Å². The number of carboxylic acid groups (broad SMARTS) is 1. The highest BCUT2D eigenvalue weighted by Gasteiger charge is 2.37. The van der Waals surface area contributed by atoms with Crippen molar-refractivity contribution in [3.05, 3.63) is 29.2 Å². The largest absolute Gasteiger partial charge is 0.480 e. The lowest BCUT2D eigenvalue weighted by molar-refractivity contribution is -0.138. The molecule has 27 heavy (non-hydrogen) atoms. The summed E-state index contributed by atoms with van der Waals surface area (Å²) >= 11 is 0. The first-order valence-electron chi connectivity index (χ1n) is 9.07. The Balaban J connectivity index is 1.63. The van der Waals surface area contributed by atoms with Crippen molar-refractivity contribution in [3.8, 4) is 0 Å². The van der Waals surface area contributed by atoms with Crippen LogP contribution in [0.25, 0.3) is 5.65 Å². The molecule has 0 unspecified atom stereocenters. The van der Waals surface area contributed by atoms with Gasteiger partial charge in [0.15, 0.2) is 11.3 Å². The third-order valence-electron chi connectivity index (χ3n) is 5.12. The molecule has 2 saturated heterocycles. The van der Waals surface area contributed by atoms with Gasteiger partial charge >= 0.3 is 5.97 Å². The maximum Gasteiger partial charge on any atom is 0.317 e. The van der Waals surface area contributed by atoms with Crippen molar-refractivity contribution in [2.45, 2.75) is 19.9 Å². The van der Waals surface area contributed by atoms with E-state index < -0.39 is 5.97 Å². The second-order valence-corrected chi connectivity index (χ2v) is 7.44. The van der Waals surface area contributed by atoms with Gasteiger partial charge in [0.25, 0.3) is 5.91 Å². The Morgan fingerprint density at radius 1 is 1.22 bits per heavy atom.